The Bertz CT molecular complexity index is 1070. The lowest BCUT2D eigenvalue weighted by atomic mass is 9.68. The second kappa shape index (κ2) is 12.0. The van der Waals surface area contributed by atoms with E-state index >= 15 is 0 Å². The van der Waals surface area contributed by atoms with Gasteiger partial charge < -0.3 is 20.5 Å². The third-order valence-electron chi connectivity index (χ3n) is 5.44. The number of aliphatic imine (C=N–C) groups is 1. The summed E-state index contributed by atoms with van der Waals surface area (Å²) in [6, 6.07) is 0.202. The lowest BCUT2D eigenvalue weighted by molar-refractivity contribution is -0.171. The number of aromatic nitrogens is 4. The van der Waals surface area contributed by atoms with E-state index in [9.17, 15) is 19.5 Å². The van der Waals surface area contributed by atoms with Crippen LogP contribution in [-0.4, -0.2) is 95.6 Å². The fourth-order valence-electron chi connectivity index (χ4n) is 3.91. The van der Waals surface area contributed by atoms with Crippen molar-refractivity contribution in [2.45, 2.75) is 55.9 Å². The minimum atomic E-state index is -1.57. The van der Waals surface area contributed by atoms with Gasteiger partial charge >= 0.3 is 5.97 Å². The molecule has 0 saturated heterocycles. The lowest BCUT2D eigenvalue weighted by Gasteiger charge is -2.53. The molecule has 0 bridgehead atoms. The molecule has 36 heavy (non-hydrogen) atoms. The number of carboxylic acids is 1. The van der Waals surface area contributed by atoms with Gasteiger partial charge in [0.2, 0.25) is 16.8 Å². The number of thioether (sulfide) groups is 3. The minimum absolute atomic E-state index is 0.0287. The Labute approximate surface area is 222 Å². The zero-order valence-corrected chi connectivity index (χ0v) is 23.4. The Kier molecular flexibility index (Phi) is 9.46. The first kappa shape index (κ1) is 28.5. The van der Waals surface area contributed by atoms with Crippen LogP contribution >= 0.6 is 35.3 Å². The zero-order valence-electron chi connectivity index (χ0n) is 21.0. The number of aryl methyl sites for hydroxylation is 1. The second-order valence-electron chi connectivity index (χ2n) is 8.87. The molecule has 3 atom stereocenters. The van der Waals surface area contributed by atoms with Crippen LogP contribution in [0.3, 0.4) is 0 Å². The van der Waals surface area contributed by atoms with Gasteiger partial charge in [0.15, 0.2) is 11.0 Å². The summed E-state index contributed by atoms with van der Waals surface area (Å²) in [6.45, 7) is 7.85. The van der Waals surface area contributed by atoms with Crippen LogP contribution in [0.4, 0.5) is 0 Å². The van der Waals surface area contributed by atoms with Crippen molar-refractivity contribution in [3.05, 3.63) is 11.1 Å². The van der Waals surface area contributed by atoms with Gasteiger partial charge in [-0.2, -0.15) is 0 Å². The van der Waals surface area contributed by atoms with E-state index in [1.165, 1.54) is 47.1 Å². The molecule has 0 aromatic carbocycles. The largest absolute Gasteiger partial charge is 0.478 e. The van der Waals surface area contributed by atoms with E-state index < -0.39 is 34.6 Å². The summed E-state index contributed by atoms with van der Waals surface area (Å²) < 4.78 is 7.05. The van der Waals surface area contributed by atoms with Gasteiger partial charge in [0, 0.05) is 43.3 Å². The summed E-state index contributed by atoms with van der Waals surface area (Å²) in [5, 5.41) is 27.8. The lowest BCUT2D eigenvalue weighted by Crippen LogP contribution is -2.76. The van der Waals surface area contributed by atoms with Crippen molar-refractivity contribution in [3.63, 3.8) is 0 Å². The number of nitrogens with zero attached hydrogens (tertiary/aromatic N) is 5. The average Bonchev–Trinajstić information content (AvgIpc) is 3.22. The first-order valence-electron chi connectivity index (χ1n) is 11.3. The number of hydrogen-bond donors (Lipinski definition) is 3. The molecule has 3 rings (SSSR count). The normalized spacial score (nSPS) is 24.1. The van der Waals surface area contributed by atoms with Crippen molar-refractivity contribution in [1.82, 2.24) is 30.8 Å². The molecule has 3 unspecified atom stereocenters. The summed E-state index contributed by atoms with van der Waals surface area (Å²) in [4.78, 5) is 42.8. The molecule has 1 aromatic rings. The van der Waals surface area contributed by atoms with Crippen LogP contribution in [0.15, 0.2) is 21.3 Å². The van der Waals surface area contributed by atoms with Crippen LogP contribution in [0.1, 0.15) is 27.7 Å². The SMILES string of the molecule is COC1(NC(=O)CSC(=NC(C)C)NC(C)C)C(=O)C2C(C(=O)O)=C(CSc3nnnn3C)CSC21. The average molecular weight is 558 g/mol. The highest BCUT2D eigenvalue weighted by molar-refractivity contribution is 8.14. The second-order valence-corrected chi connectivity index (χ2v) is 11.9. The predicted molar refractivity (Wildman–Crippen MR) is 140 cm³/mol. The van der Waals surface area contributed by atoms with Gasteiger partial charge in [0.25, 0.3) is 0 Å². The van der Waals surface area contributed by atoms with Crippen LogP contribution in [0, 0.1) is 5.92 Å². The topological polar surface area (TPSA) is 161 Å². The molecule has 198 valence electrons. The molecule has 1 aliphatic carbocycles. The van der Waals surface area contributed by atoms with Gasteiger partial charge in [-0.1, -0.05) is 23.5 Å². The predicted octanol–water partition coefficient (Wildman–Crippen LogP) is 0.952. The van der Waals surface area contributed by atoms with E-state index in [-0.39, 0.29) is 23.4 Å². The fraction of sp³-hybridized carbons (Fsp3) is 0.667. The maximum Gasteiger partial charge on any atom is 0.332 e. The summed E-state index contributed by atoms with van der Waals surface area (Å²) in [6.07, 6.45) is 0. The Morgan fingerprint density at radius 2 is 2.08 bits per heavy atom. The monoisotopic (exact) mass is 557 g/mol. The number of ketones is 1. The van der Waals surface area contributed by atoms with Crippen LogP contribution in [-0.2, 0) is 26.2 Å². The summed E-state index contributed by atoms with van der Waals surface area (Å²) in [7, 11) is 3.05. The molecule has 1 fully saturated rings. The fourth-order valence-corrected chi connectivity index (χ4v) is 7.45. The van der Waals surface area contributed by atoms with Crippen LogP contribution in [0.25, 0.3) is 0 Å². The highest BCUT2D eigenvalue weighted by Gasteiger charge is 2.67. The van der Waals surface area contributed by atoms with Gasteiger partial charge in [-0.3, -0.25) is 14.6 Å². The summed E-state index contributed by atoms with van der Waals surface area (Å²) in [5.74, 6) is -2.13. The number of ether oxygens (including phenoxy) is 1. The number of aliphatic carboxylic acids is 1. The summed E-state index contributed by atoms with van der Waals surface area (Å²) >= 11 is 3.95. The minimum Gasteiger partial charge on any atom is -0.478 e. The Morgan fingerprint density at radius 3 is 2.64 bits per heavy atom. The van der Waals surface area contributed by atoms with Gasteiger partial charge in [-0.15, -0.1) is 16.9 Å². The molecule has 1 aliphatic heterocycles. The van der Waals surface area contributed by atoms with Crippen molar-refractivity contribution in [2.75, 3.05) is 24.4 Å². The number of carbonyl (C=O) groups excluding carboxylic acids is 2. The number of hydrogen-bond acceptors (Lipinski definition) is 11. The highest BCUT2D eigenvalue weighted by Crippen LogP contribution is 2.51. The van der Waals surface area contributed by atoms with Gasteiger partial charge in [0.05, 0.1) is 16.9 Å². The molecule has 1 aromatic heterocycles. The maximum absolute atomic E-state index is 13.3. The number of carbonyl (C=O) groups is 3. The molecular weight excluding hydrogens is 526 g/mol. The first-order valence-corrected chi connectivity index (χ1v) is 14.3. The van der Waals surface area contributed by atoms with E-state index in [4.69, 9.17) is 4.74 Å². The molecule has 0 radical (unpaired) electrons. The molecule has 15 heteroatoms. The first-order chi connectivity index (χ1) is 17.0. The molecule has 2 aliphatic rings. The van der Waals surface area contributed by atoms with Crippen molar-refractivity contribution in [3.8, 4) is 0 Å². The third-order valence-corrected chi connectivity index (χ3v) is 8.92. The van der Waals surface area contributed by atoms with Crippen molar-refractivity contribution < 1.29 is 24.2 Å². The maximum atomic E-state index is 13.3. The Balaban J connectivity index is 1.72. The number of Topliss-reactive ketones (excluding diaryl/α,β-unsaturated/α-hetero) is 1. The van der Waals surface area contributed by atoms with E-state index in [0.29, 0.717) is 27.4 Å². The summed E-state index contributed by atoms with van der Waals surface area (Å²) in [5.41, 5.74) is -0.869. The smallest absolute Gasteiger partial charge is 0.332 e. The number of tetrazole rings is 1. The number of fused-ring (bicyclic) bond motifs is 1. The van der Waals surface area contributed by atoms with Crippen molar-refractivity contribution in [1.29, 1.82) is 0 Å². The third kappa shape index (κ3) is 6.06. The van der Waals surface area contributed by atoms with Gasteiger partial charge in [-0.05, 0) is 43.7 Å². The number of nitrogens with one attached hydrogen (secondary N) is 2. The quantitative estimate of drug-likeness (QED) is 0.162. The van der Waals surface area contributed by atoms with Crippen LogP contribution < -0.4 is 10.6 Å². The molecular formula is C21H31N7O5S3. The molecule has 2 heterocycles. The standard InChI is InChI=1S/C21H31N7O5S3/c1-10(2)22-19(23-11(3)4)35-9-13(29)24-21(33-6)16(30)15-14(18(31)32)12(7-34-17(15)21)8-36-20-25-26-27-28(20)5/h10-11,15,17H,7-9H2,1-6H3,(H,22,23)(H,24,29)(H,31,32). The number of amidine groups is 1. The van der Waals surface area contributed by atoms with Crippen LogP contribution in [0.2, 0.25) is 0 Å². The van der Waals surface area contributed by atoms with E-state index in [2.05, 4.69) is 31.2 Å². The van der Waals surface area contributed by atoms with E-state index in [0.717, 1.165) is 0 Å². The zero-order chi connectivity index (χ0) is 26.6. The van der Waals surface area contributed by atoms with Crippen molar-refractivity contribution in [2.24, 2.45) is 18.0 Å². The van der Waals surface area contributed by atoms with Crippen LogP contribution in [0.5, 0.6) is 0 Å². The molecule has 1 amide bonds. The van der Waals surface area contributed by atoms with Crippen molar-refractivity contribution >= 4 is 58.1 Å². The Morgan fingerprint density at radius 1 is 1.36 bits per heavy atom. The molecule has 1 saturated carbocycles. The Hall–Kier alpha value is -2.10. The van der Waals surface area contributed by atoms with E-state index in [1.807, 2.05) is 27.7 Å². The molecule has 0 spiro atoms. The number of amides is 1. The number of rotatable bonds is 10. The van der Waals surface area contributed by atoms with Gasteiger partial charge in [0.1, 0.15) is 0 Å². The molecule has 3 N–H and O–H groups in total. The van der Waals surface area contributed by atoms with Gasteiger partial charge in [-0.25, -0.2) is 9.48 Å². The highest BCUT2D eigenvalue weighted by atomic mass is 32.2. The number of methoxy groups -OCH3 is 1. The van der Waals surface area contributed by atoms with E-state index in [1.54, 1.807) is 7.05 Å². The number of carboxylic acid groups (broad SMARTS) is 1. The molecule has 12 nitrogen and oxygen atoms in total.